The summed E-state index contributed by atoms with van der Waals surface area (Å²) in [5.74, 6) is -2.76. The average molecular weight is 376 g/mol. The summed E-state index contributed by atoms with van der Waals surface area (Å²) in [4.78, 5) is 22.6. The average Bonchev–Trinajstić information content (AvgIpc) is 2.97. The van der Waals surface area contributed by atoms with E-state index in [1.54, 1.807) is 47.0 Å². The summed E-state index contributed by atoms with van der Waals surface area (Å²) >= 11 is 0.352. The number of hydrogen-bond acceptors (Lipinski definition) is 4. The number of pyridine rings is 1. The molecule has 0 aliphatic carbocycles. The Bertz CT molecular complexity index is 885. The fourth-order valence-electron chi connectivity index (χ4n) is 2.58. The molecule has 0 spiro atoms. The summed E-state index contributed by atoms with van der Waals surface area (Å²) in [6.45, 7) is 0.466. The molecule has 2 aromatic heterocycles. The summed E-state index contributed by atoms with van der Waals surface area (Å²) in [7, 11) is 1.70. The molecular formula is C18H18F2N4OS. The predicted octanol–water partition coefficient (Wildman–Crippen LogP) is 3.45. The lowest BCUT2D eigenvalue weighted by Gasteiger charge is -2.18. The van der Waals surface area contributed by atoms with Gasteiger partial charge in [0.05, 0.1) is 11.0 Å². The van der Waals surface area contributed by atoms with Gasteiger partial charge < -0.3 is 9.47 Å². The molecule has 3 aromatic rings. The molecule has 0 bridgehead atoms. The summed E-state index contributed by atoms with van der Waals surface area (Å²) in [6.07, 6.45) is 2.34. The first-order valence-corrected chi connectivity index (χ1v) is 8.96. The topological polar surface area (TPSA) is 51.0 Å². The van der Waals surface area contributed by atoms with E-state index in [9.17, 15) is 13.6 Å². The van der Waals surface area contributed by atoms with Gasteiger partial charge in [0, 0.05) is 31.9 Å². The summed E-state index contributed by atoms with van der Waals surface area (Å²) in [5.41, 5.74) is 2.16. The van der Waals surface area contributed by atoms with E-state index >= 15 is 0 Å². The Morgan fingerprint density at radius 2 is 2.00 bits per heavy atom. The molecule has 0 saturated heterocycles. The van der Waals surface area contributed by atoms with Crippen LogP contribution in [0.1, 0.15) is 5.69 Å². The molecule has 1 amide bonds. The van der Waals surface area contributed by atoms with Gasteiger partial charge in [0.2, 0.25) is 5.91 Å². The molecule has 3 rings (SSSR count). The third kappa shape index (κ3) is 4.37. The first-order chi connectivity index (χ1) is 12.5. The molecule has 0 aliphatic rings. The largest absolute Gasteiger partial charge is 0.344 e. The van der Waals surface area contributed by atoms with Crippen LogP contribution in [0.3, 0.4) is 0 Å². The van der Waals surface area contributed by atoms with Crippen molar-refractivity contribution in [1.82, 2.24) is 19.4 Å². The lowest BCUT2D eigenvalue weighted by Crippen LogP contribution is -2.32. The molecule has 26 heavy (non-hydrogen) atoms. The van der Waals surface area contributed by atoms with Gasteiger partial charge in [0.1, 0.15) is 6.54 Å². The number of benzene rings is 1. The van der Waals surface area contributed by atoms with Gasteiger partial charge in [0.25, 0.3) is 5.76 Å². The summed E-state index contributed by atoms with van der Waals surface area (Å²) < 4.78 is 27.2. The zero-order valence-corrected chi connectivity index (χ0v) is 15.0. The number of nitrogens with zero attached hydrogens (tertiary/aromatic N) is 4. The molecule has 0 atom stereocenters. The molecule has 0 radical (unpaired) electrons. The Labute approximate surface area is 154 Å². The number of alkyl halides is 2. The van der Waals surface area contributed by atoms with Crippen molar-refractivity contribution in [3.05, 3.63) is 54.4 Å². The van der Waals surface area contributed by atoms with Gasteiger partial charge >= 0.3 is 0 Å². The van der Waals surface area contributed by atoms with Gasteiger partial charge in [-0.1, -0.05) is 18.2 Å². The molecule has 0 N–H and O–H groups in total. The van der Waals surface area contributed by atoms with Crippen LogP contribution in [-0.4, -0.2) is 44.7 Å². The van der Waals surface area contributed by atoms with Gasteiger partial charge in [-0.2, -0.15) is 8.78 Å². The number of carbonyl (C=O) groups excluding carboxylic acids is 1. The van der Waals surface area contributed by atoms with Crippen molar-refractivity contribution in [2.45, 2.75) is 23.9 Å². The molecule has 8 heteroatoms. The highest BCUT2D eigenvalue weighted by Crippen LogP contribution is 2.28. The van der Waals surface area contributed by atoms with E-state index in [0.717, 1.165) is 5.69 Å². The van der Waals surface area contributed by atoms with Crippen molar-refractivity contribution in [3.63, 3.8) is 0 Å². The number of para-hydroxylation sites is 2. The van der Waals surface area contributed by atoms with Crippen molar-refractivity contribution in [2.75, 3.05) is 13.6 Å². The Hall–Kier alpha value is -2.48. The third-order valence-electron chi connectivity index (χ3n) is 3.96. The molecule has 0 aliphatic heterocycles. The molecule has 5 nitrogen and oxygen atoms in total. The maximum Gasteiger partial charge on any atom is 0.291 e. The smallest absolute Gasteiger partial charge is 0.291 e. The number of rotatable bonds is 7. The number of thioether (sulfide) groups is 1. The Balaban J connectivity index is 1.73. The monoisotopic (exact) mass is 376 g/mol. The van der Waals surface area contributed by atoms with Gasteiger partial charge in [-0.05, 0) is 36.0 Å². The van der Waals surface area contributed by atoms with Crippen molar-refractivity contribution in [3.8, 4) is 0 Å². The minimum absolute atomic E-state index is 0.0334. The first kappa shape index (κ1) is 18.3. The van der Waals surface area contributed by atoms with Crippen LogP contribution < -0.4 is 0 Å². The highest BCUT2D eigenvalue weighted by atomic mass is 32.2. The van der Waals surface area contributed by atoms with Crippen LogP contribution in [0.25, 0.3) is 11.0 Å². The van der Waals surface area contributed by atoms with E-state index in [0.29, 0.717) is 35.8 Å². The first-order valence-electron chi connectivity index (χ1n) is 8.08. The fraction of sp³-hybridized carbons (Fsp3) is 0.278. The van der Waals surface area contributed by atoms with E-state index in [2.05, 4.69) is 9.97 Å². The Morgan fingerprint density at radius 3 is 2.73 bits per heavy atom. The number of hydrogen-bond donors (Lipinski definition) is 0. The van der Waals surface area contributed by atoms with Crippen molar-refractivity contribution in [1.29, 1.82) is 0 Å². The van der Waals surface area contributed by atoms with E-state index in [1.807, 2.05) is 18.2 Å². The number of aromatic nitrogens is 3. The van der Waals surface area contributed by atoms with Crippen LogP contribution in [0.15, 0.2) is 53.8 Å². The second kappa shape index (κ2) is 8.27. The highest BCUT2D eigenvalue weighted by Gasteiger charge is 2.19. The molecule has 1 aromatic carbocycles. The van der Waals surface area contributed by atoms with E-state index in [-0.39, 0.29) is 17.6 Å². The SMILES string of the molecule is CN(CCc1ccccn1)C(=O)Cn1c(SC(F)F)nc2ccccc21. The normalized spacial score (nSPS) is 11.2. The van der Waals surface area contributed by atoms with Crippen LogP contribution in [-0.2, 0) is 17.8 Å². The number of imidazole rings is 1. The second-order valence-electron chi connectivity index (χ2n) is 5.73. The molecule has 0 fully saturated rings. The Morgan fingerprint density at radius 1 is 1.23 bits per heavy atom. The standard InChI is InChI=1S/C18H18F2N4OS/c1-23(11-9-13-6-4-5-10-21-13)16(25)12-24-15-8-3-2-7-14(15)22-18(24)26-17(19)20/h2-8,10,17H,9,11-12H2,1H3. The molecule has 2 heterocycles. The summed E-state index contributed by atoms with van der Waals surface area (Å²) in [5, 5.41) is 0.146. The zero-order chi connectivity index (χ0) is 18.5. The van der Waals surface area contributed by atoms with Crippen LogP contribution in [0.5, 0.6) is 0 Å². The van der Waals surface area contributed by atoms with E-state index in [1.165, 1.54) is 0 Å². The van der Waals surface area contributed by atoms with Crippen LogP contribution in [0.4, 0.5) is 8.78 Å². The molecule has 0 unspecified atom stereocenters. The highest BCUT2D eigenvalue weighted by molar-refractivity contribution is 7.99. The quantitative estimate of drug-likeness (QED) is 0.593. The number of fused-ring (bicyclic) bond motifs is 1. The number of carbonyl (C=O) groups is 1. The summed E-state index contributed by atoms with van der Waals surface area (Å²) in [6, 6.07) is 12.7. The van der Waals surface area contributed by atoms with Crippen molar-refractivity contribution < 1.29 is 13.6 Å². The predicted molar refractivity (Wildman–Crippen MR) is 97.2 cm³/mol. The molecule has 0 saturated carbocycles. The lowest BCUT2D eigenvalue weighted by atomic mass is 10.2. The fourth-order valence-corrected chi connectivity index (χ4v) is 3.19. The number of halogens is 2. The molecule has 136 valence electrons. The maximum absolute atomic E-state index is 12.8. The minimum Gasteiger partial charge on any atom is -0.344 e. The Kier molecular flexibility index (Phi) is 5.82. The van der Waals surface area contributed by atoms with Crippen LogP contribution >= 0.6 is 11.8 Å². The van der Waals surface area contributed by atoms with E-state index in [4.69, 9.17) is 0 Å². The number of likely N-dealkylation sites (N-methyl/N-ethyl adjacent to an activating group) is 1. The number of amides is 1. The van der Waals surface area contributed by atoms with Crippen molar-refractivity contribution in [2.24, 2.45) is 0 Å². The van der Waals surface area contributed by atoms with E-state index < -0.39 is 5.76 Å². The lowest BCUT2D eigenvalue weighted by molar-refractivity contribution is -0.130. The van der Waals surface area contributed by atoms with Gasteiger partial charge in [0.15, 0.2) is 5.16 Å². The van der Waals surface area contributed by atoms with Gasteiger partial charge in [-0.3, -0.25) is 9.78 Å². The van der Waals surface area contributed by atoms with Gasteiger partial charge in [-0.15, -0.1) is 0 Å². The van der Waals surface area contributed by atoms with Gasteiger partial charge in [-0.25, -0.2) is 4.98 Å². The second-order valence-corrected chi connectivity index (χ2v) is 6.69. The van der Waals surface area contributed by atoms with Crippen LogP contribution in [0, 0.1) is 0 Å². The molecular weight excluding hydrogens is 358 g/mol. The minimum atomic E-state index is -2.59. The zero-order valence-electron chi connectivity index (χ0n) is 14.2. The maximum atomic E-state index is 12.8. The van der Waals surface area contributed by atoms with Crippen LogP contribution in [0.2, 0.25) is 0 Å². The third-order valence-corrected chi connectivity index (χ3v) is 4.66. The van der Waals surface area contributed by atoms with Crippen molar-refractivity contribution >= 4 is 28.7 Å².